The van der Waals surface area contributed by atoms with Crippen molar-refractivity contribution in [3.63, 3.8) is 0 Å². The summed E-state index contributed by atoms with van der Waals surface area (Å²) in [6, 6.07) is 6.69. The fourth-order valence-corrected chi connectivity index (χ4v) is 2.37. The molecule has 0 atom stereocenters. The van der Waals surface area contributed by atoms with Crippen LogP contribution in [0.5, 0.6) is 0 Å². The van der Waals surface area contributed by atoms with Crippen molar-refractivity contribution in [2.75, 3.05) is 18.5 Å². The van der Waals surface area contributed by atoms with Gasteiger partial charge in [0.15, 0.2) is 0 Å². The van der Waals surface area contributed by atoms with E-state index < -0.39 is 5.97 Å². The van der Waals surface area contributed by atoms with Crippen LogP contribution in [0.25, 0.3) is 0 Å². The van der Waals surface area contributed by atoms with E-state index in [4.69, 9.17) is 4.74 Å². The first-order valence-corrected chi connectivity index (χ1v) is 8.01. The summed E-state index contributed by atoms with van der Waals surface area (Å²) in [5, 5.41) is 2.72. The number of anilines is 1. The highest BCUT2D eigenvalue weighted by molar-refractivity contribution is 6.01. The van der Waals surface area contributed by atoms with Crippen molar-refractivity contribution in [3.05, 3.63) is 29.8 Å². The third kappa shape index (κ3) is 5.68. The Morgan fingerprint density at radius 1 is 1.17 bits per heavy atom. The van der Waals surface area contributed by atoms with Gasteiger partial charge in [-0.15, -0.1) is 0 Å². The van der Waals surface area contributed by atoms with Crippen LogP contribution in [0, 0.1) is 0 Å². The first-order valence-electron chi connectivity index (χ1n) is 8.01. The van der Waals surface area contributed by atoms with Gasteiger partial charge >= 0.3 is 5.97 Å². The average Bonchev–Trinajstić information content (AvgIpc) is 2.46. The highest BCUT2D eigenvalue weighted by atomic mass is 16.5. The number of rotatable bonds is 6. The molecule has 0 aliphatic rings. The second kappa shape index (κ2) is 8.47. The van der Waals surface area contributed by atoms with Crippen molar-refractivity contribution in [2.45, 2.75) is 46.6 Å². The molecular weight excluding hydrogens is 308 g/mol. The molecule has 0 unspecified atom stereocenters. The van der Waals surface area contributed by atoms with E-state index in [9.17, 15) is 14.4 Å². The number of nitrogens with one attached hydrogen (secondary N) is 1. The van der Waals surface area contributed by atoms with Gasteiger partial charge in [0, 0.05) is 25.4 Å². The molecule has 1 aromatic rings. The highest BCUT2D eigenvalue weighted by Gasteiger charge is 2.24. The normalized spacial score (nSPS) is 10.9. The summed E-state index contributed by atoms with van der Waals surface area (Å²) in [5.41, 5.74) is 0.368. The summed E-state index contributed by atoms with van der Waals surface area (Å²) < 4.78 is 4.98. The van der Waals surface area contributed by atoms with Crippen LogP contribution in [0.4, 0.5) is 5.69 Å². The van der Waals surface area contributed by atoms with Crippen LogP contribution in [-0.2, 0) is 14.3 Å². The van der Waals surface area contributed by atoms with Gasteiger partial charge in [-0.1, -0.05) is 12.1 Å². The standard InChI is InChI=1S/C18H26N2O4/c1-6-24-17(23)14-9-7-8-10-15(14)19-16(22)11-12-20(13(2)21)18(3,4)5/h7-10H,6,11-12H2,1-5H3,(H,19,22). The van der Waals surface area contributed by atoms with Crippen LogP contribution < -0.4 is 5.32 Å². The maximum atomic E-state index is 12.2. The molecule has 0 aliphatic heterocycles. The summed E-state index contributed by atoms with van der Waals surface area (Å²) in [7, 11) is 0. The molecular formula is C18H26N2O4. The topological polar surface area (TPSA) is 75.7 Å². The van der Waals surface area contributed by atoms with E-state index in [1.54, 1.807) is 36.1 Å². The van der Waals surface area contributed by atoms with Crippen LogP contribution in [0.15, 0.2) is 24.3 Å². The minimum absolute atomic E-state index is 0.0813. The van der Waals surface area contributed by atoms with Gasteiger partial charge in [0.1, 0.15) is 0 Å². The number of ether oxygens (including phenoxy) is 1. The Morgan fingerprint density at radius 2 is 1.79 bits per heavy atom. The predicted octanol–water partition coefficient (Wildman–Crippen LogP) is 2.84. The third-order valence-corrected chi connectivity index (χ3v) is 3.45. The molecule has 0 aromatic heterocycles. The molecule has 1 rings (SSSR count). The SMILES string of the molecule is CCOC(=O)c1ccccc1NC(=O)CCN(C(C)=O)C(C)(C)C. The second-order valence-corrected chi connectivity index (χ2v) is 6.41. The summed E-state index contributed by atoms with van der Waals surface area (Å²) in [6.45, 7) is 9.54. The fraction of sp³-hybridized carbons (Fsp3) is 0.500. The lowest BCUT2D eigenvalue weighted by Crippen LogP contribution is -2.45. The van der Waals surface area contributed by atoms with E-state index in [-0.39, 0.29) is 30.4 Å². The summed E-state index contributed by atoms with van der Waals surface area (Å²) in [5.74, 6) is -0.821. The first kappa shape index (κ1) is 19.7. The lowest BCUT2D eigenvalue weighted by Gasteiger charge is -2.34. The van der Waals surface area contributed by atoms with Gasteiger partial charge in [0.2, 0.25) is 11.8 Å². The van der Waals surface area contributed by atoms with Crippen molar-refractivity contribution in [2.24, 2.45) is 0 Å². The molecule has 0 radical (unpaired) electrons. The van der Waals surface area contributed by atoms with E-state index in [1.807, 2.05) is 20.8 Å². The average molecular weight is 334 g/mol. The van der Waals surface area contributed by atoms with E-state index in [0.717, 1.165) is 0 Å². The maximum absolute atomic E-state index is 12.2. The molecule has 2 amide bonds. The van der Waals surface area contributed by atoms with Crippen LogP contribution in [-0.4, -0.2) is 41.4 Å². The van der Waals surface area contributed by atoms with Crippen molar-refractivity contribution < 1.29 is 19.1 Å². The van der Waals surface area contributed by atoms with E-state index >= 15 is 0 Å². The first-order chi connectivity index (χ1) is 11.2. The van der Waals surface area contributed by atoms with Crippen molar-refractivity contribution >= 4 is 23.5 Å². The Kier molecular flexibility index (Phi) is 6.95. The van der Waals surface area contributed by atoms with Crippen molar-refractivity contribution in [1.82, 2.24) is 4.90 Å². The van der Waals surface area contributed by atoms with Gasteiger partial charge in [-0.2, -0.15) is 0 Å². The Hall–Kier alpha value is -2.37. The molecule has 6 heteroatoms. The zero-order valence-corrected chi connectivity index (χ0v) is 15.0. The number of hydrogen-bond donors (Lipinski definition) is 1. The molecule has 132 valence electrons. The molecule has 0 aliphatic carbocycles. The zero-order valence-electron chi connectivity index (χ0n) is 15.0. The van der Waals surface area contributed by atoms with Gasteiger partial charge in [-0.05, 0) is 39.8 Å². The molecule has 0 saturated heterocycles. The fourth-order valence-electron chi connectivity index (χ4n) is 2.37. The van der Waals surface area contributed by atoms with Gasteiger partial charge in [-0.3, -0.25) is 9.59 Å². The monoisotopic (exact) mass is 334 g/mol. The summed E-state index contributed by atoms with van der Waals surface area (Å²) in [4.78, 5) is 37.5. The minimum Gasteiger partial charge on any atom is -0.462 e. The Morgan fingerprint density at radius 3 is 2.33 bits per heavy atom. The van der Waals surface area contributed by atoms with Gasteiger partial charge in [0.25, 0.3) is 0 Å². The number of carbonyl (C=O) groups is 3. The Balaban J connectivity index is 2.76. The lowest BCUT2D eigenvalue weighted by molar-refractivity contribution is -0.134. The quantitative estimate of drug-likeness (QED) is 0.812. The highest BCUT2D eigenvalue weighted by Crippen LogP contribution is 2.18. The molecule has 0 heterocycles. The number of nitrogens with zero attached hydrogens (tertiary/aromatic N) is 1. The number of esters is 1. The van der Waals surface area contributed by atoms with E-state index in [0.29, 0.717) is 17.8 Å². The number of para-hydroxylation sites is 1. The van der Waals surface area contributed by atoms with Crippen LogP contribution in [0.3, 0.4) is 0 Å². The van der Waals surface area contributed by atoms with Crippen LogP contribution in [0.1, 0.15) is 51.4 Å². The maximum Gasteiger partial charge on any atom is 0.340 e. The molecule has 0 saturated carbocycles. The van der Waals surface area contributed by atoms with Crippen molar-refractivity contribution in [1.29, 1.82) is 0 Å². The number of hydrogen-bond acceptors (Lipinski definition) is 4. The summed E-state index contributed by atoms with van der Waals surface area (Å²) in [6.07, 6.45) is 0.147. The van der Waals surface area contributed by atoms with Crippen molar-refractivity contribution in [3.8, 4) is 0 Å². The largest absolute Gasteiger partial charge is 0.462 e. The Labute approximate surface area is 143 Å². The molecule has 6 nitrogen and oxygen atoms in total. The molecule has 1 N–H and O–H groups in total. The zero-order chi connectivity index (χ0) is 18.3. The molecule has 1 aromatic carbocycles. The van der Waals surface area contributed by atoms with E-state index in [2.05, 4.69) is 5.32 Å². The molecule has 24 heavy (non-hydrogen) atoms. The minimum atomic E-state index is -0.478. The van der Waals surface area contributed by atoms with Gasteiger partial charge in [-0.25, -0.2) is 4.79 Å². The smallest absolute Gasteiger partial charge is 0.340 e. The van der Waals surface area contributed by atoms with E-state index in [1.165, 1.54) is 6.92 Å². The van der Waals surface area contributed by atoms with Gasteiger partial charge < -0.3 is 15.0 Å². The van der Waals surface area contributed by atoms with Crippen LogP contribution >= 0.6 is 0 Å². The number of carbonyl (C=O) groups excluding carboxylic acids is 3. The number of benzene rings is 1. The lowest BCUT2D eigenvalue weighted by atomic mass is 10.1. The molecule has 0 bridgehead atoms. The molecule has 0 spiro atoms. The Bertz CT molecular complexity index is 605. The third-order valence-electron chi connectivity index (χ3n) is 3.45. The summed E-state index contributed by atoms with van der Waals surface area (Å²) >= 11 is 0. The predicted molar refractivity (Wildman–Crippen MR) is 92.8 cm³/mol. The van der Waals surface area contributed by atoms with Gasteiger partial charge in [0.05, 0.1) is 17.9 Å². The number of amides is 2. The van der Waals surface area contributed by atoms with Crippen LogP contribution in [0.2, 0.25) is 0 Å². The second-order valence-electron chi connectivity index (χ2n) is 6.41. The molecule has 0 fully saturated rings.